The minimum Gasteiger partial charge on any atom is -0.394 e. The maximum atomic E-state index is 12.2. The Bertz CT molecular complexity index is 1090. The highest BCUT2D eigenvalue weighted by molar-refractivity contribution is 5.76. The Labute approximate surface area is 333 Å². The van der Waals surface area contributed by atoms with E-state index in [2.05, 4.69) is 17.6 Å². The summed E-state index contributed by atoms with van der Waals surface area (Å²) in [5, 5.41) is 91.9. The van der Waals surface area contributed by atoms with Crippen molar-refractivity contribution in [2.24, 2.45) is 23.5 Å². The molecule has 2 amide bonds. The Morgan fingerprint density at radius 2 is 0.911 bits per heavy atom. The second kappa shape index (κ2) is 26.5. The fourth-order valence-electron chi connectivity index (χ4n) is 7.27. The zero-order valence-corrected chi connectivity index (χ0v) is 34.8. The van der Waals surface area contributed by atoms with E-state index in [1.54, 1.807) is 0 Å². The molecule has 3 heterocycles. The molecule has 56 heavy (non-hydrogen) atoms. The molecule has 3 aliphatic rings. The van der Waals surface area contributed by atoms with Crippen LogP contribution >= 0.6 is 0 Å². The van der Waals surface area contributed by atoms with Crippen LogP contribution in [0.4, 0.5) is 0 Å². The molecule has 0 aliphatic carbocycles. The maximum Gasteiger partial charge on any atom is 0.220 e. The third-order valence-electron chi connectivity index (χ3n) is 10.6. The van der Waals surface area contributed by atoms with Gasteiger partial charge in [-0.3, -0.25) is 9.59 Å². The van der Waals surface area contributed by atoms with E-state index in [4.69, 9.17) is 30.2 Å². The lowest BCUT2D eigenvalue weighted by atomic mass is 9.87. The van der Waals surface area contributed by atoms with Gasteiger partial charge in [-0.05, 0) is 24.2 Å². The van der Waals surface area contributed by atoms with Gasteiger partial charge in [0.05, 0.1) is 56.3 Å². The standard InChI is InChI=1S/C19H37NO5.C11H21NO5.C9H19NO4/c1-4-5-6-7-8-9-10-11-15(22)20-16-18(24)17(23)14(12-21)25-19(16)13(2)3;1-5(2)11-8(12-6(3)14)10(16)9(15)7(4-13)17-11;1-4(2)9-6(10)8(13)7(12)5(3-11)14-9/h13-14,16-19,21,23-24H,4-12H2,1-3H3,(H,20,22);5,7-11,13,15-16H,4H2,1-3H3,(H,12,14);4-9,11-13H,3,10H2,1-2H3/t14?,16?,17-,18-,19+;7?,8?,9-,10-,11+;5?,6?,7-,8-,9+/m111/s1. The van der Waals surface area contributed by atoms with Gasteiger partial charge in [0, 0.05) is 13.3 Å². The van der Waals surface area contributed by atoms with Crippen molar-refractivity contribution in [3.05, 3.63) is 0 Å². The highest BCUT2D eigenvalue weighted by Crippen LogP contribution is 2.28. The smallest absolute Gasteiger partial charge is 0.220 e. The van der Waals surface area contributed by atoms with Crippen molar-refractivity contribution in [1.29, 1.82) is 0 Å². The number of hydrogen-bond donors (Lipinski definition) is 12. The molecule has 0 aromatic rings. The molecular weight excluding hydrogens is 734 g/mol. The lowest BCUT2D eigenvalue weighted by Crippen LogP contribution is -2.65. The van der Waals surface area contributed by atoms with Crippen molar-refractivity contribution < 1.29 is 69.8 Å². The van der Waals surface area contributed by atoms with E-state index in [1.807, 2.05) is 41.5 Å². The van der Waals surface area contributed by atoms with Crippen LogP contribution in [0.1, 0.15) is 107 Å². The molecule has 0 aromatic carbocycles. The van der Waals surface area contributed by atoms with E-state index in [9.17, 15) is 45.3 Å². The lowest BCUT2D eigenvalue weighted by molar-refractivity contribution is -0.204. The highest BCUT2D eigenvalue weighted by atomic mass is 16.5. The molecule has 0 aromatic heterocycles. The molecule has 0 saturated carbocycles. The predicted molar refractivity (Wildman–Crippen MR) is 208 cm³/mol. The first-order valence-corrected chi connectivity index (χ1v) is 20.5. The van der Waals surface area contributed by atoms with Crippen LogP contribution in [-0.2, 0) is 23.8 Å². The molecule has 17 nitrogen and oxygen atoms in total. The van der Waals surface area contributed by atoms with E-state index < -0.39 is 85.3 Å². The van der Waals surface area contributed by atoms with Crippen LogP contribution in [0.2, 0.25) is 0 Å². The monoisotopic (exact) mass is 812 g/mol. The molecule has 0 bridgehead atoms. The van der Waals surface area contributed by atoms with Crippen molar-refractivity contribution in [2.45, 2.75) is 198 Å². The van der Waals surface area contributed by atoms with Gasteiger partial charge in [0.25, 0.3) is 0 Å². The summed E-state index contributed by atoms with van der Waals surface area (Å²) in [5.74, 6) is -0.191. The number of ether oxygens (including phenoxy) is 3. The van der Waals surface area contributed by atoms with Crippen molar-refractivity contribution in [3.63, 3.8) is 0 Å². The number of carbonyl (C=O) groups is 2. The van der Waals surface area contributed by atoms with Gasteiger partial charge in [0.1, 0.15) is 54.9 Å². The van der Waals surface area contributed by atoms with E-state index in [0.717, 1.165) is 19.3 Å². The van der Waals surface area contributed by atoms with Gasteiger partial charge in [0.2, 0.25) is 11.8 Å². The summed E-state index contributed by atoms with van der Waals surface area (Å²) < 4.78 is 16.6. The summed E-state index contributed by atoms with van der Waals surface area (Å²) in [6.45, 7) is 14.0. The summed E-state index contributed by atoms with van der Waals surface area (Å²) in [7, 11) is 0. The van der Waals surface area contributed by atoms with Gasteiger partial charge < -0.3 is 76.5 Å². The van der Waals surface area contributed by atoms with Crippen molar-refractivity contribution >= 4 is 11.8 Å². The second-order valence-corrected chi connectivity index (χ2v) is 16.4. The Morgan fingerprint density at radius 3 is 1.29 bits per heavy atom. The number of rotatable bonds is 16. The number of hydrogen-bond acceptors (Lipinski definition) is 15. The summed E-state index contributed by atoms with van der Waals surface area (Å²) in [4.78, 5) is 23.3. The van der Waals surface area contributed by atoms with Gasteiger partial charge in [-0.15, -0.1) is 0 Å². The number of nitrogens with two attached hydrogens (primary N) is 1. The molecule has 3 rings (SSSR count). The van der Waals surface area contributed by atoms with Gasteiger partial charge in [-0.1, -0.05) is 87.0 Å². The topological polar surface area (TPSA) is 294 Å². The number of aliphatic hydroxyl groups is 9. The summed E-state index contributed by atoms with van der Waals surface area (Å²) in [6, 6.07) is -1.92. The molecule has 15 atom stereocenters. The quantitative estimate of drug-likeness (QED) is 0.0818. The zero-order chi connectivity index (χ0) is 42.9. The molecule has 0 spiro atoms. The van der Waals surface area contributed by atoms with Crippen LogP contribution in [0, 0.1) is 17.8 Å². The molecule has 0 radical (unpaired) electrons. The third-order valence-corrected chi connectivity index (χ3v) is 10.6. The molecule has 332 valence electrons. The van der Waals surface area contributed by atoms with E-state index in [-0.39, 0.29) is 55.5 Å². The zero-order valence-electron chi connectivity index (χ0n) is 34.8. The Morgan fingerprint density at radius 1 is 0.554 bits per heavy atom. The van der Waals surface area contributed by atoms with Crippen LogP contribution in [0.5, 0.6) is 0 Å². The van der Waals surface area contributed by atoms with Gasteiger partial charge in [-0.2, -0.15) is 0 Å². The molecular formula is C39H77N3O14. The molecule has 3 saturated heterocycles. The van der Waals surface area contributed by atoms with Gasteiger partial charge in [0.15, 0.2) is 0 Å². The normalized spacial score (nSPS) is 36.0. The molecule has 13 N–H and O–H groups in total. The number of amides is 2. The summed E-state index contributed by atoms with van der Waals surface area (Å²) in [6.07, 6.45) is -2.01. The largest absolute Gasteiger partial charge is 0.394 e. The first kappa shape index (κ1) is 52.4. The minimum atomic E-state index is -1.20. The molecule has 6 unspecified atom stereocenters. The maximum absolute atomic E-state index is 12.2. The SMILES string of the molecule is CC(=O)NC1[C@H](C(C)C)OC(CO)[C@@H](O)[C@@H]1O.CC(C)[C@@H]1OC(CO)[C@@H](O)[C@H](O)C1N.CCCCCCCCCC(=O)NC1[C@H](C(C)C)OC(CO)[C@@H](O)[C@@H]1O. The van der Waals surface area contributed by atoms with Crippen LogP contribution < -0.4 is 16.4 Å². The Balaban J connectivity index is 0.000000441. The molecule has 3 fully saturated rings. The van der Waals surface area contributed by atoms with Crippen LogP contribution in [0.15, 0.2) is 0 Å². The summed E-state index contributed by atoms with van der Waals surface area (Å²) in [5.41, 5.74) is 5.71. The summed E-state index contributed by atoms with van der Waals surface area (Å²) >= 11 is 0. The second-order valence-electron chi connectivity index (χ2n) is 16.4. The van der Waals surface area contributed by atoms with Crippen LogP contribution in [-0.4, -0.2) is 169 Å². The van der Waals surface area contributed by atoms with Crippen molar-refractivity contribution in [1.82, 2.24) is 10.6 Å². The number of aliphatic hydroxyl groups excluding tert-OH is 9. The van der Waals surface area contributed by atoms with Gasteiger partial charge in [-0.25, -0.2) is 0 Å². The number of unbranched alkanes of at least 4 members (excludes halogenated alkanes) is 6. The molecule has 17 heteroatoms. The van der Waals surface area contributed by atoms with E-state index in [1.165, 1.54) is 32.6 Å². The number of nitrogens with one attached hydrogen (secondary N) is 2. The average molecular weight is 812 g/mol. The van der Waals surface area contributed by atoms with Crippen molar-refractivity contribution in [2.75, 3.05) is 19.8 Å². The lowest BCUT2D eigenvalue weighted by Gasteiger charge is -2.44. The predicted octanol–water partition coefficient (Wildman–Crippen LogP) is -1.17. The van der Waals surface area contributed by atoms with Crippen molar-refractivity contribution in [3.8, 4) is 0 Å². The highest BCUT2D eigenvalue weighted by Gasteiger charge is 2.47. The average Bonchev–Trinajstić information content (AvgIpc) is 3.14. The van der Waals surface area contributed by atoms with E-state index in [0.29, 0.717) is 6.42 Å². The first-order valence-electron chi connectivity index (χ1n) is 20.5. The minimum absolute atomic E-state index is 0.0417. The van der Waals surface area contributed by atoms with Crippen LogP contribution in [0.25, 0.3) is 0 Å². The fourth-order valence-corrected chi connectivity index (χ4v) is 7.27. The van der Waals surface area contributed by atoms with Crippen LogP contribution in [0.3, 0.4) is 0 Å². The van der Waals surface area contributed by atoms with Gasteiger partial charge >= 0.3 is 0 Å². The Hall–Kier alpha value is -1.58. The first-order chi connectivity index (χ1) is 26.3. The molecule has 3 aliphatic heterocycles. The third kappa shape index (κ3) is 15.9. The Kier molecular flexibility index (Phi) is 24.8. The number of carbonyl (C=O) groups excluding carboxylic acids is 2. The fraction of sp³-hybridized carbons (Fsp3) is 0.949. The van der Waals surface area contributed by atoms with E-state index >= 15 is 0 Å².